The van der Waals surface area contributed by atoms with Crippen molar-refractivity contribution in [1.29, 1.82) is 0 Å². The molecule has 1 aliphatic heterocycles. The molecule has 0 fully saturated rings. The van der Waals surface area contributed by atoms with Crippen LogP contribution in [0.4, 0.5) is 0 Å². The zero-order valence-electron chi connectivity index (χ0n) is 29.9. The van der Waals surface area contributed by atoms with Crippen molar-refractivity contribution in [2.24, 2.45) is 0 Å². The van der Waals surface area contributed by atoms with Crippen molar-refractivity contribution in [2.75, 3.05) is 0 Å². The Kier molecular flexibility index (Phi) is 12.4. The van der Waals surface area contributed by atoms with E-state index >= 15 is 0 Å². The van der Waals surface area contributed by atoms with Crippen LogP contribution in [0, 0.1) is 0 Å². The van der Waals surface area contributed by atoms with Gasteiger partial charge in [0.05, 0.1) is 0 Å². The van der Waals surface area contributed by atoms with Gasteiger partial charge in [-0.25, -0.2) is 0 Å². The minimum atomic E-state index is -1.70. The van der Waals surface area contributed by atoms with E-state index in [9.17, 15) is 0 Å². The standard InChI is InChI=1S/C32H65GeSi6.H2O/c1-34(2,3)30(35(4,5)6)26-24-27(31(36(7,8)9)37(10,11)12)29(33-22-20-19-21-23-33)28(25-26)32(38(13,14)15)39(16,17)18;/h20-25,30-32H,19H2,1-18H3;1H2. The smallest absolute Gasteiger partial charge is 0.412 e. The fourth-order valence-corrected chi connectivity index (χ4v) is 53.4. The molecule has 8 heteroatoms. The summed E-state index contributed by atoms with van der Waals surface area (Å²) in [7, 11) is -8.74. The Bertz CT molecular complexity index is 963. The molecule has 1 aromatic rings. The Morgan fingerprint density at radius 2 is 0.750 bits per heavy atom. The van der Waals surface area contributed by atoms with E-state index in [1.807, 2.05) is 15.5 Å². The van der Waals surface area contributed by atoms with Gasteiger partial charge >= 0.3 is 258 Å². The quantitative estimate of drug-likeness (QED) is 0.217. The van der Waals surface area contributed by atoms with Gasteiger partial charge in [-0.05, 0) is 0 Å². The average molecular weight is 709 g/mol. The van der Waals surface area contributed by atoms with Crippen molar-refractivity contribution in [3.63, 3.8) is 0 Å². The van der Waals surface area contributed by atoms with E-state index in [2.05, 4.69) is 152 Å². The van der Waals surface area contributed by atoms with Crippen LogP contribution < -0.4 is 4.40 Å². The zero-order chi connectivity index (χ0) is 30.6. The molecule has 1 heterocycles. The molecule has 0 saturated heterocycles. The van der Waals surface area contributed by atoms with Crippen molar-refractivity contribution in [3.05, 3.63) is 50.8 Å². The predicted octanol–water partition coefficient (Wildman–Crippen LogP) is 9.67. The third-order valence-corrected chi connectivity index (χ3v) is 41.3. The number of hydrogen-bond donors (Lipinski definition) is 0. The van der Waals surface area contributed by atoms with Gasteiger partial charge in [-0.3, -0.25) is 0 Å². The van der Waals surface area contributed by atoms with E-state index in [-0.39, 0.29) is 5.48 Å². The molecule has 0 spiro atoms. The van der Waals surface area contributed by atoms with Gasteiger partial charge in [0.2, 0.25) is 0 Å². The van der Waals surface area contributed by atoms with Crippen molar-refractivity contribution in [3.8, 4) is 0 Å². The van der Waals surface area contributed by atoms with Crippen molar-refractivity contribution in [2.45, 2.75) is 140 Å². The number of allylic oxidation sites excluding steroid dienone is 2. The van der Waals surface area contributed by atoms with Crippen LogP contribution in [0.5, 0.6) is 0 Å². The molecule has 0 amide bonds. The van der Waals surface area contributed by atoms with E-state index in [1.165, 1.54) is 0 Å². The first-order valence-electron chi connectivity index (χ1n) is 15.6. The van der Waals surface area contributed by atoms with Gasteiger partial charge in [0.25, 0.3) is 0 Å². The molecule has 229 valence electrons. The van der Waals surface area contributed by atoms with Crippen LogP contribution in [0.2, 0.25) is 118 Å². The maximum Gasteiger partial charge on any atom is -0.412 e. The largest absolute Gasteiger partial charge is 0.412 e. The van der Waals surface area contributed by atoms with Crippen LogP contribution in [0.15, 0.2) is 34.1 Å². The summed E-state index contributed by atoms with van der Waals surface area (Å²) in [5.41, 5.74) is 5.51. The van der Waals surface area contributed by atoms with Crippen LogP contribution in [0.3, 0.4) is 0 Å². The Hall–Kier alpha value is 0.504. The Balaban J connectivity index is 0.00000800. The van der Waals surface area contributed by atoms with E-state index < -0.39 is 62.8 Å². The van der Waals surface area contributed by atoms with Crippen molar-refractivity contribution < 1.29 is 5.48 Å². The second-order valence-corrected chi connectivity index (χ2v) is 57.0. The van der Waals surface area contributed by atoms with Gasteiger partial charge in [-0.15, -0.1) is 0 Å². The number of hydrogen-bond acceptors (Lipinski definition) is 0. The summed E-state index contributed by atoms with van der Waals surface area (Å²) < 4.78 is 1.92. The molecule has 0 saturated carbocycles. The minimum Gasteiger partial charge on any atom is -0.412 e. The molecule has 2 N–H and O–H groups in total. The number of benzene rings is 1. The second kappa shape index (κ2) is 12.9. The Morgan fingerprint density at radius 1 is 0.475 bits per heavy atom. The molecule has 1 nitrogen and oxygen atoms in total. The predicted molar refractivity (Wildman–Crippen MR) is 207 cm³/mol. The molecule has 0 atom stereocenters. The van der Waals surface area contributed by atoms with E-state index in [1.54, 1.807) is 5.56 Å². The summed E-state index contributed by atoms with van der Waals surface area (Å²) in [6, 6.07) is 5.78. The Labute approximate surface area is 261 Å². The van der Waals surface area contributed by atoms with Crippen LogP contribution >= 0.6 is 0 Å². The molecule has 0 aromatic heterocycles. The molecule has 0 unspecified atom stereocenters. The average Bonchev–Trinajstić information content (AvgIpc) is 2.61. The van der Waals surface area contributed by atoms with Crippen LogP contribution in [-0.4, -0.2) is 68.3 Å². The van der Waals surface area contributed by atoms with E-state index in [0.29, 0.717) is 0 Å². The van der Waals surface area contributed by atoms with Crippen LogP contribution in [-0.2, 0) is 0 Å². The van der Waals surface area contributed by atoms with Crippen molar-refractivity contribution >= 4 is 67.2 Å². The van der Waals surface area contributed by atoms with Crippen LogP contribution in [0.25, 0.3) is 0 Å². The van der Waals surface area contributed by atoms with E-state index in [4.69, 9.17) is 0 Å². The molecule has 0 aliphatic carbocycles. The van der Waals surface area contributed by atoms with Gasteiger partial charge in [-0.2, -0.15) is 0 Å². The maximum atomic E-state index is 2.89. The first-order chi connectivity index (χ1) is 17.2. The maximum absolute atomic E-state index is 2.89. The fraction of sp³-hybridized carbons (Fsp3) is 0.688. The summed E-state index contributed by atoms with van der Waals surface area (Å²) in [4.78, 5) is 5.46. The van der Waals surface area contributed by atoms with Gasteiger partial charge in [0, 0.05) is 0 Å². The summed E-state index contributed by atoms with van der Waals surface area (Å²) in [5, 5.41) is 2.40. The Morgan fingerprint density at radius 3 is 1.00 bits per heavy atom. The summed E-state index contributed by atoms with van der Waals surface area (Å²) >= 11 is -1.70. The van der Waals surface area contributed by atoms with Crippen LogP contribution in [0.1, 0.15) is 38.6 Å². The third kappa shape index (κ3) is 9.25. The molecule has 40 heavy (non-hydrogen) atoms. The van der Waals surface area contributed by atoms with Gasteiger partial charge in [-0.1, -0.05) is 0 Å². The summed E-state index contributed by atoms with van der Waals surface area (Å²) in [5.74, 6) is 0. The zero-order valence-corrected chi connectivity index (χ0v) is 38.0. The summed E-state index contributed by atoms with van der Waals surface area (Å²) in [6.45, 7) is 48.2. The minimum absolute atomic E-state index is 0. The molecule has 2 rings (SSSR count). The SMILES string of the molecule is C[Si](C)(C)C(c1cc(C([Si](C)(C)C)[Si](C)(C)C)[c]([Ge]2[CH]=CCC=[CH]2)c(C([Si](C)(C)C)[Si](C)(C)C)c1)[Si](C)(C)C.O. The molecular formula is C32H67GeOSi6. The first kappa shape index (κ1) is 38.5. The van der Waals surface area contributed by atoms with Crippen molar-refractivity contribution in [1.82, 2.24) is 0 Å². The number of rotatable bonds is 10. The topological polar surface area (TPSA) is 31.5 Å². The second-order valence-electron chi connectivity index (χ2n) is 19.1. The normalized spacial score (nSPS) is 16.3. The van der Waals surface area contributed by atoms with Gasteiger partial charge in [0.1, 0.15) is 0 Å². The van der Waals surface area contributed by atoms with Gasteiger partial charge < -0.3 is 5.48 Å². The van der Waals surface area contributed by atoms with Gasteiger partial charge in [0.15, 0.2) is 0 Å². The monoisotopic (exact) mass is 709 g/mol. The molecular weight excluding hydrogens is 641 g/mol. The summed E-state index contributed by atoms with van der Waals surface area (Å²) in [6.07, 6.45) is 6.16. The molecule has 0 bridgehead atoms. The molecule has 1 aromatic carbocycles. The van der Waals surface area contributed by atoms with E-state index in [0.717, 1.165) is 21.9 Å². The molecule has 1 aliphatic rings. The fourth-order valence-electron chi connectivity index (χ4n) is 9.12. The molecule has 1 radical (unpaired) electrons. The first-order valence-corrected chi connectivity index (χ1v) is 40.5. The third-order valence-electron chi connectivity index (χ3n) is 8.53.